The van der Waals surface area contributed by atoms with E-state index in [1.54, 1.807) is 0 Å². The molecule has 2 aliphatic rings. The van der Waals surface area contributed by atoms with Gasteiger partial charge in [0.2, 0.25) is 0 Å². The number of aliphatic hydroxyl groups excluding tert-OH is 1. The maximum Gasteiger partial charge on any atom is 0.0732 e. The SMILES string of the molecule is Cn1ncc2c1CN1CCCC21CO. The Labute approximate surface area is 83.1 Å². The van der Waals surface area contributed by atoms with Crippen molar-refractivity contribution in [2.75, 3.05) is 13.2 Å². The van der Waals surface area contributed by atoms with Crippen LogP contribution in [0.15, 0.2) is 6.20 Å². The summed E-state index contributed by atoms with van der Waals surface area (Å²) in [6.45, 7) is 2.29. The van der Waals surface area contributed by atoms with Crippen molar-refractivity contribution in [3.05, 3.63) is 17.5 Å². The summed E-state index contributed by atoms with van der Waals surface area (Å²) in [5.74, 6) is 0. The molecule has 14 heavy (non-hydrogen) atoms. The molecule has 1 atom stereocenters. The summed E-state index contributed by atoms with van der Waals surface area (Å²) < 4.78 is 1.94. The predicted octanol–water partition coefficient (Wildman–Crippen LogP) is 0.217. The molecule has 0 radical (unpaired) electrons. The fraction of sp³-hybridized carbons (Fsp3) is 0.700. The molecule has 0 spiro atoms. The first kappa shape index (κ1) is 8.44. The average molecular weight is 193 g/mol. The molecule has 3 heterocycles. The van der Waals surface area contributed by atoms with Crippen LogP contribution in [0.4, 0.5) is 0 Å². The Balaban J connectivity index is 2.15. The first-order valence-electron chi connectivity index (χ1n) is 5.15. The summed E-state index contributed by atoms with van der Waals surface area (Å²) >= 11 is 0. The van der Waals surface area contributed by atoms with Crippen LogP contribution in [0.1, 0.15) is 24.1 Å². The smallest absolute Gasteiger partial charge is 0.0732 e. The molecule has 0 amide bonds. The Morgan fingerprint density at radius 2 is 2.50 bits per heavy atom. The predicted molar refractivity (Wildman–Crippen MR) is 51.6 cm³/mol. The van der Waals surface area contributed by atoms with E-state index in [0.717, 1.165) is 19.5 Å². The van der Waals surface area contributed by atoms with Gasteiger partial charge in [-0.15, -0.1) is 0 Å². The highest BCUT2D eigenvalue weighted by Crippen LogP contribution is 2.45. The van der Waals surface area contributed by atoms with Crippen LogP contribution >= 0.6 is 0 Å². The van der Waals surface area contributed by atoms with Crippen molar-refractivity contribution in [1.82, 2.24) is 14.7 Å². The monoisotopic (exact) mass is 193 g/mol. The van der Waals surface area contributed by atoms with E-state index in [2.05, 4.69) is 10.00 Å². The number of rotatable bonds is 1. The summed E-state index contributed by atoms with van der Waals surface area (Å²) in [4.78, 5) is 2.39. The minimum absolute atomic E-state index is 0.0937. The molecule has 76 valence electrons. The molecule has 4 nitrogen and oxygen atoms in total. The Kier molecular flexibility index (Phi) is 1.56. The third-order valence-electron chi connectivity index (χ3n) is 3.79. The van der Waals surface area contributed by atoms with E-state index in [1.165, 1.54) is 17.7 Å². The molecule has 3 rings (SSSR count). The number of hydrogen-bond donors (Lipinski definition) is 1. The van der Waals surface area contributed by atoms with E-state index >= 15 is 0 Å². The number of fused-ring (bicyclic) bond motifs is 3. The van der Waals surface area contributed by atoms with Gasteiger partial charge in [-0.1, -0.05) is 0 Å². The largest absolute Gasteiger partial charge is 0.394 e. The summed E-state index contributed by atoms with van der Waals surface area (Å²) in [7, 11) is 1.98. The molecular formula is C10H15N3O. The van der Waals surface area contributed by atoms with E-state index in [4.69, 9.17) is 0 Å². The van der Waals surface area contributed by atoms with Crippen LogP contribution in [0.3, 0.4) is 0 Å². The van der Waals surface area contributed by atoms with Crippen LogP contribution in [0.2, 0.25) is 0 Å². The Hall–Kier alpha value is -0.870. The van der Waals surface area contributed by atoms with E-state index in [0.29, 0.717) is 0 Å². The Bertz CT molecular complexity index is 373. The second-order valence-electron chi connectivity index (χ2n) is 4.34. The number of aryl methyl sites for hydroxylation is 1. The lowest BCUT2D eigenvalue weighted by Gasteiger charge is -2.29. The first-order valence-corrected chi connectivity index (χ1v) is 5.15. The van der Waals surface area contributed by atoms with Crippen LogP contribution < -0.4 is 0 Å². The number of hydrogen-bond acceptors (Lipinski definition) is 3. The van der Waals surface area contributed by atoms with Gasteiger partial charge in [-0.3, -0.25) is 9.58 Å². The second-order valence-corrected chi connectivity index (χ2v) is 4.34. The molecule has 1 fully saturated rings. The van der Waals surface area contributed by atoms with Crippen molar-refractivity contribution in [2.45, 2.75) is 24.9 Å². The lowest BCUT2D eigenvalue weighted by molar-refractivity contribution is 0.0740. The quantitative estimate of drug-likeness (QED) is 0.693. The van der Waals surface area contributed by atoms with Gasteiger partial charge in [0, 0.05) is 19.2 Å². The summed E-state index contributed by atoms with van der Waals surface area (Å²) in [6, 6.07) is 0. The van der Waals surface area contributed by atoms with Gasteiger partial charge in [0.25, 0.3) is 0 Å². The standard InChI is InChI=1S/C10H15N3O/c1-12-9-6-13-4-2-3-10(13,7-14)8(9)5-11-12/h5,14H,2-4,6-7H2,1H3. The molecular weight excluding hydrogens is 178 g/mol. The number of aliphatic hydroxyl groups is 1. The van der Waals surface area contributed by atoms with Gasteiger partial charge < -0.3 is 5.11 Å². The van der Waals surface area contributed by atoms with Gasteiger partial charge in [-0.2, -0.15) is 5.10 Å². The Morgan fingerprint density at radius 1 is 1.64 bits per heavy atom. The lowest BCUT2D eigenvalue weighted by atomic mass is 9.92. The van der Waals surface area contributed by atoms with Crippen molar-refractivity contribution < 1.29 is 5.11 Å². The molecule has 1 aromatic heterocycles. The molecule has 1 saturated heterocycles. The van der Waals surface area contributed by atoms with Crippen LogP contribution in [0.5, 0.6) is 0 Å². The molecule has 0 saturated carbocycles. The molecule has 0 bridgehead atoms. The summed E-state index contributed by atoms with van der Waals surface area (Å²) in [5.41, 5.74) is 2.43. The summed E-state index contributed by atoms with van der Waals surface area (Å²) in [5, 5.41) is 13.9. The minimum Gasteiger partial charge on any atom is -0.394 e. The zero-order valence-electron chi connectivity index (χ0n) is 8.40. The van der Waals surface area contributed by atoms with Crippen molar-refractivity contribution >= 4 is 0 Å². The molecule has 1 unspecified atom stereocenters. The van der Waals surface area contributed by atoms with Gasteiger partial charge in [-0.25, -0.2) is 0 Å². The van der Waals surface area contributed by atoms with E-state index in [-0.39, 0.29) is 12.1 Å². The average Bonchev–Trinajstić information content (AvgIpc) is 2.78. The van der Waals surface area contributed by atoms with Crippen LogP contribution in [0, 0.1) is 0 Å². The fourth-order valence-corrected chi connectivity index (χ4v) is 2.95. The van der Waals surface area contributed by atoms with Gasteiger partial charge in [0.05, 0.1) is 24.0 Å². The lowest BCUT2D eigenvalue weighted by Crippen LogP contribution is -2.38. The number of nitrogens with zero attached hydrogens (tertiary/aromatic N) is 3. The molecule has 2 aliphatic heterocycles. The first-order chi connectivity index (χ1) is 6.78. The highest BCUT2D eigenvalue weighted by molar-refractivity contribution is 5.34. The van der Waals surface area contributed by atoms with E-state index in [1.807, 2.05) is 17.9 Å². The summed E-state index contributed by atoms with van der Waals surface area (Å²) in [6.07, 6.45) is 4.19. The molecule has 1 N–H and O–H groups in total. The highest BCUT2D eigenvalue weighted by atomic mass is 16.3. The maximum atomic E-state index is 9.60. The van der Waals surface area contributed by atoms with Crippen molar-refractivity contribution in [1.29, 1.82) is 0 Å². The Morgan fingerprint density at radius 3 is 3.29 bits per heavy atom. The number of aromatic nitrogens is 2. The topological polar surface area (TPSA) is 41.3 Å². The van der Waals surface area contributed by atoms with Gasteiger partial charge in [-0.05, 0) is 19.4 Å². The van der Waals surface area contributed by atoms with Gasteiger partial charge in [0.1, 0.15) is 0 Å². The molecule has 1 aromatic rings. The van der Waals surface area contributed by atoms with Crippen molar-refractivity contribution in [3.8, 4) is 0 Å². The third-order valence-corrected chi connectivity index (χ3v) is 3.79. The third kappa shape index (κ3) is 0.786. The van der Waals surface area contributed by atoms with Crippen molar-refractivity contribution in [3.63, 3.8) is 0 Å². The fourth-order valence-electron chi connectivity index (χ4n) is 2.95. The zero-order valence-corrected chi connectivity index (χ0v) is 8.40. The maximum absolute atomic E-state index is 9.60. The van der Waals surface area contributed by atoms with Gasteiger partial charge >= 0.3 is 0 Å². The van der Waals surface area contributed by atoms with Gasteiger partial charge in [0.15, 0.2) is 0 Å². The second kappa shape index (κ2) is 2.58. The van der Waals surface area contributed by atoms with Crippen LogP contribution in [0.25, 0.3) is 0 Å². The molecule has 4 heteroatoms. The zero-order chi connectivity index (χ0) is 9.76. The van der Waals surface area contributed by atoms with Crippen LogP contribution in [-0.2, 0) is 19.1 Å². The molecule has 0 aromatic carbocycles. The highest BCUT2D eigenvalue weighted by Gasteiger charge is 2.49. The van der Waals surface area contributed by atoms with E-state index in [9.17, 15) is 5.11 Å². The molecule has 0 aliphatic carbocycles. The van der Waals surface area contributed by atoms with Crippen molar-refractivity contribution in [2.24, 2.45) is 7.05 Å². The van der Waals surface area contributed by atoms with E-state index < -0.39 is 0 Å². The normalized spacial score (nSPS) is 30.7. The van der Waals surface area contributed by atoms with Crippen LogP contribution in [-0.4, -0.2) is 32.9 Å². The minimum atomic E-state index is -0.0937.